The van der Waals surface area contributed by atoms with E-state index in [9.17, 15) is 23.2 Å². The Morgan fingerprint density at radius 1 is 1.10 bits per heavy atom. The van der Waals surface area contributed by atoms with Gasteiger partial charge in [-0.05, 0) is 36.8 Å². The van der Waals surface area contributed by atoms with Gasteiger partial charge in [-0.1, -0.05) is 0 Å². The van der Waals surface area contributed by atoms with Gasteiger partial charge in [-0.2, -0.15) is 13.9 Å². The summed E-state index contributed by atoms with van der Waals surface area (Å²) < 4.78 is 70.7. The smallest absolute Gasteiger partial charge is 0.387 e. The average molecular weight is 579 g/mol. The maximum absolute atomic E-state index is 15.2. The van der Waals surface area contributed by atoms with Crippen LogP contribution in [-0.4, -0.2) is 61.6 Å². The van der Waals surface area contributed by atoms with E-state index in [1.807, 2.05) is 0 Å². The minimum absolute atomic E-state index is 0.0331. The molecule has 10 nitrogen and oxygen atoms in total. The number of aryl methyl sites for hydroxylation is 1. The lowest BCUT2D eigenvalue weighted by Gasteiger charge is -2.20. The third-order valence-electron chi connectivity index (χ3n) is 6.58. The molecular weight excluding hydrogens is 552 g/mol. The minimum Gasteiger partial charge on any atom is -0.497 e. The second-order valence-electron chi connectivity index (χ2n) is 9.11. The lowest BCUT2D eigenvalue weighted by molar-refractivity contribution is -0.118. The third-order valence-corrected chi connectivity index (χ3v) is 6.58. The lowest BCUT2D eigenvalue weighted by atomic mass is 9.92. The van der Waals surface area contributed by atoms with Gasteiger partial charge in [0, 0.05) is 42.8 Å². The second kappa shape index (κ2) is 12.4. The molecule has 218 valence electrons. The van der Waals surface area contributed by atoms with Crippen molar-refractivity contribution in [2.45, 2.75) is 32.0 Å². The van der Waals surface area contributed by atoms with Gasteiger partial charge in [0.25, 0.3) is 11.5 Å². The maximum Gasteiger partial charge on any atom is 0.387 e. The molecule has 4 rings (SSSR count). The van der Waals surface area contributed by atoms with E-state index >= 15 is 8.78 Å². The predicted molar refractivity (Wildman–Crippen MR) is 137 cm³/mol. The number of benzene rings is 2. The van der Waals surface area contributed by atoms with Crippen LogP contribution in [0.25, 0.3) is 0 Å². The zero-order valence-corrected chi connectivity index (χ0v) is 22.2. The molecule has 1 saturated heterocycles. The molecule has 2 aromatic carbocycles. The maximum atomic E-state index is 15.2. The third kappa shape index (κ3) is 6.16. The van der Waals surface area contributed by atoms with Gasteiger partial charge >= 0.3 is 6.61 Å². The first kappa shape index (κ1) is 29.5. The van der Waals surface area contributed by atoms with Crippen molar-refractivity contribution in [2.24, 2.45) is 0 Å². The summed E-state index contributed by atoms with van der Waals surface area (Å²) in [4.78, 5) is 41.2. The summed E-state index contributed by atoms with van der Waals surface area (Å²) in [6.07, 6.45) is 1.37. The first-order valence-corrected chi connectivity index (χ1v) is 12.3. The Morgan fingerprint density at radius 3 is 2.34 bits per heavy atom. The number of ether oxygens (including phenoxy) is 3. The normalized spacial score (nSPS) is 16.8. The molecule has 1 fully saturated rings. The van der Waals surface area contributed by atoms with Gasteiger partial charge in [0.2, 0.25) is 5.91 Å². The van der Waals surface area contributed by atoms with Gasteiger partial charge in [-0.3, -0.25) is 14.4 Å². The van der Waals surface area contributed by atoms with E-state index in [0.29, 0.717) is 5.56 Å². The quantitative estimate of drug-likeness (QED) is 0.368. The Balaban J connectivity index is 1.74. The van der Waals surface area contributed by atoms with Crippen molar-refractivity contribution in [2.75, 3.05) is 32.3 Å². The molecule has 0 saturated carbocycles. The van der Waals surface area contributed by atoms with Crippen LogP contribution in [0.1, 0.15) is 27.4 Å². The number of rotatable bonds is 10. The Hall–Kier alpha value is -4.46. The summed E-state index contributed by atoms with van der Waals surface area (Å²) in [5.74, 6) is -5.20. The number of carbonyl (C=O) groups excluding carboxylic acids is 2. The molecule has 3 aromatic rings. The summed E-state index contributed by atoms with van der Waals surface area (Å²) in [5, 5.41) is 6.55. The van der Waals surface area contributed by atoms with Crippen LogP contribution in [0.3, 0.4) is 0 Å². The van der Waals surface area contributed by atoms with Gasteiger partial charge in [-0.15, -0.1) is 0 Å². The predicted octanol–water partition coefficient (Wildman–Crippen LogP) is 3.02. The molecule has 1 aliphatic rings. The minimum atomic E-state index is -3.07. The molecular formula is C27H26F4N4O6. The molecule has 1 aliphatic heterocycles. The van der Waals surface area contributed by atoms with Crippen LogP contribution >= 0.6 is 0 Å². The van der Waals surface area contributed by atoms with E-state index in [0.717, 1.165) is 33.8 Å². The van der Waals surface area contributed by atoms with E-state index in [4.69, 9.17) is 9.47 Å². The van der Waals surface area contributed by atoms with Crippen molar-refractivity contribution in [3.63, 3.8) is 0 Å². The van der Waals surface area contributed by atoms with Crippen LogP contribution in [-0.2, 0) is 16.1 Å². The number of methoxy groups -OCH3 is 2. The highest BCUT2D eigenvalue weighted by atomic mass is 19.3. The van der Waals surface area contributed by atoms with Crippen molar-refractivity contribution < 1.29 is 41.4 Å². The van der Waals surface area contributed by atoms with Crippen molar-refractivity contribution in [3.05, 3.63) is 81.3 Å². The lowest BCUT2D eigenvalue weighted by Crippen LogP contribution is -2.45. The molecule has 0 unspecified atom stereocenters. The summed E-state index contributed by atoms with van der Waals surface area (Å²) in [5.41, 5.74) is -0.890. The number of anilines is 1. The number of hydrogen-bond acceptors (Lipinski definition) is 7. The van der Waals surface area contributed by atoms with Crippen molar-refractivity contribution in [3.8, 4) is 11.5 Å². The van der Waals surface area contributed by atoms with E-state index in [-0.39, 0.29) is 42.4 Å². The van der Waals surface area contributed by atoms with Crippen LogP contribution < -0.4 is 25.2 Å². The zero-order valence-electron chi connectivity index (χ0n) is 22.2. The molecule has 41 heavy (non-hydrogen) atoms. The summed E-state index contributed by atoms with van der Waals surface area (Å²) >= 11 is 0. The number of aromatic nitrogens is 2. The van der Waals surface area contributed by atoms with Gasteiger partial charge in [0.15, 0.2) is 0 Å². The molecule has 0 aliphatic carbocycles. The summed E-state index contributed by atoms with van der Waals surface area (Å²) in [7, 11) is 2.68. The van der Waals surface area contributed by atoms with Gasteiger partial charge in [0.05, 0.1) is 26.5 Å². The highest BCUT2D eigenvalue weighted by Gasteiger charge is 2.46. The SMILES string of the molecule is COCCn1ncc(C)c(N2C[C@@H](c3c(F)cc(OC)cc3F)[C@H](NC(=O)c3ccc(OC(F)F)cc3)C2=O)c1=O. The summed E-state index contributed by atoms with van der Waals surface area (Å²) in [6, 6.07) is 5.03. The monoisotopic (exact) mass is 578 g/mol. The molecule has 0 bridgehead atoms. The fraction of sp³-hybridized carbons (Fsp3) is 0.333. The molecule has 2 amide bonds. The molecule has 1 aromatic heterocycles. The molecule has 0 radical (unpaired) electrons. The van der Waals surface area contributed by atoms with Crippen molar-refractivity contribution in [1.82, 2.24) is 15.1 Å². The number of carbonyl (C=O) groups is 2. The van der Waals surface area contributed by atoms with Gasteiger partial charge in [0.1, 0.15) is 34.9 Å². The second-order valence-corrected chi connectivity index (χ2v) is 9.11. The first-order valence-electron chi connectivity index (χ1n) is 12.3. The largest absolute Gasteiger partial charge is 0.497 e. The first-order chi connectivity index (χ1) is 19.5. The standard InChI is InChI=1S/C27H26F4N4O6/c1-14-12-32-35(8-9-39-2)26(38)23(14)34-13-18(21-19(28)10-17(40-3)11-20(21)29)22(25(34)37)33-24(36)15-4-6-16(7-5-15)41-27(30)31/h4-7,10-12,18,22,27H,8-9,13H2,1-3H3,(H,33,36)/t18-,22-/m0/s1. The Morgan fingerprint density at radius 2 is 1.76 bits per heavy atom. The van der Waals surface area contributed by atoms with Crippen LogP contribution in [0.5, 0.6) is 11.5 Å². The van der Waals surface area contributed by atoms with Crippen LogP contribution in [0.2, 0.25) is 0 Å². The Bertz CT molecular complexity index is 1480. The van der Waals surface area contributed by atoms with E-state index in [1.54, 1.807) is 6.92 Å². The number of amides is 2. The molecule has 2 atom stereocenters. The number of nitrogens with zero attached hydrogens (tertiary/aromatic N) is 3. The van der Waals surface area contributed by atoms with Crippen LogP contribution in [0, 0.1) is 18.6 Å². The summed E-state index contributed by atoms with van der Waals surface area (Å²) in [6.45, 7) is -1.62. The van der Waals surface area contributed by atoms with Crippen LogP contribution in [0.15, 0.2) is 47.4 Å². The fourth-order valence-corrected chi connectivity index (χ4v) is 4.63. The average Bonchev–Trinajstić information content (AvgIpc) is 3.22. The Kier molecular flexibility index (Phi) is 8.91. The Labute approximate surface area is 231 Å². The number of halogens is 4. The number of alkyl halides is 2. The molecule has 0 spiro atoms. The number of hydrogen-bond donors (Lipinski definition) is 1. The van der Waals surface area contributed by atoms with Gasteiger partial charge in [-0.25, -0.2) is 13.5 Å². The van der Waals surface area contributed by atoms with Crippen LogP contribution in [0.4, 0.5) is 23.2 Å². The fourth-order valence-electron chi connectivity index (χ4n) is 4.63. The highest BCUT2D eigenvalue weighted by molar-refractivity contribution is 6.05. The number of nitrogens with one attached hydrogen (secondary N) is 1. The molecule has 14 heteroatoms. The van der Waals surface area contributed by atoms with E-state index in [1.165, 1.54) is 32.5 Å². The topological polar surface area (TPSA) is 112 Å². The molecule has 2 heterocycles. The molecule has 1 N–H and O–H groups in total. The van der Waals surface area contributed by atoms with Gasteiger partial charge < -0.3 is 24.4 Å². The van der Waals surface area contributed by atoms with E-state index in [2.05, 4.69) is 15.2 Å². The van der Waals surface area contributed by atoms with Crippen molar-refractivity contribution >= 4 is 17.5 Å². The highest BCUT2D eigenvalue weighted by Crippen LogP contribution is 2.36. The zero-order chi connectivity index (χ0) is 29.8. The van der Waals surface area contributed by atoms with Crippen molar-refractivity contribution in [1.29, 1.82) is 0 Å². The van der Waals surface area contributed by atoms with E-state index < -0.39 is 53.1 Å².